The van der Waals surface area contributed by atoms with E-state index in [2.05, 4.69) is 12.2 Å². The zero-order valence-electron chi connectivity index (χ0n) is 17.7. The quantitative estimate of drug-likeness (QED) is 0.165. The van der Waals surface area contributed by atoms with Gasteiger partial charge in [-0.15, -0.1) is 0 Å². The summed E-state index contributed by atoms with van der Waals surface area (Å²) in [5, 5.41) is 2.86. The molecule has 0 aromatic carbocycles. The van der Waals surface area contributed by atoms with Gasteiger partial charge in [0.1, 0.15) is 0 Å². The van der Waals surface area contributed by atoms with Crippen molar-refractivity contribution in [1.29, 1.82) is 0 Å². The van der Waals surface area contributed by atoms with Gasteiger partial charge in [-0.1, -0.05) is 58.3 Å². The van der Waals surface area contributed by atoms with Crippen molar-refractivity contribution in [3.63, 3.8) is 0 Å². The molecule has 1 atom stereocenters. The normalized spacial score (nSPS) is 13.5. The van der Waals surface area contributed by atoms with Gasteiger partial charge in [0.25, 0.3) is 0 Å². The maximum atomic E-state index is 11.8. The van der Waals surface area contributed by atoms with Crippen LogP contribution in [0.1, 0.15) is 84.0 Å². The summed E-state index contributed by atoms with van der Waals surface area (Å²) in [6.45, 7) is 2.70. The summed E-state index contributed by atoms with van der Waals surface area (Å²) in [5.74, 6) is 0.0374. The van der Waals surface area contributed by atoms with Crippen molar-refractivity contribution in [2.45, 2.75) is 90.2 Å². The number of carbonyl (C=O) groups is 1. The second-order valence-corrected chi connectivity index (χ2v) is 9.21. The molecule has 0 saturated heterocycles. The number of quaternary nitrogens is 1. The van der Waals surface area contributed by atoms with Gasteiger partial charge in [-0.2, -0.15) is 12.6 Å². The third kappa shape index (κ3) is 17.1. The lowest BCUT2D eigenvalue weighted by Crippen LogP contribution is -2.47. The van der Waals surface area contributed by atoms with Crippen molar-refractivity contribution < 1.29 is 26.4 Å². The van der Waals surface area contributed by atoms with Gasteiger partial charge in [0.05, 0.1) is 21.1 Å². The Labute approximate surface area is 166 Å². The van der Waals surface area contributed by atoms with Crippen LogP contribution in [0.15, 0.2) is 0 Å². The molecule has 0 aliphatic heterocycles. The molecule has 2 N–H and O–H groups in total. The van der Waals surface area contributed by atoms with Crippen LogP contribution >= 0.6 is 0 Å². The van der Waals surface area contributed by atoms with Crippen molar-refractivity contribution in [3.8, 4) is 0 Å². The molecule has 0 rings (SSSR count). The Balaban J connectivity index is 3.75. The first-order valence-electron chi connectivity index (χ1n) is 10.3. The topological polar surface area (TPSA) is 92.7 Å². The molecule has 0 spiro atoms. The molecule has 1 unspecified atom stereocenters. The Morgan fingerprint density at radius 1 is 0.963 bits per heavy atom. The smallest absolute Gasteiger partial charge is 0.356 e. The minimum Gasteiger partial charge on any atom is -0.356 e. The summed E-state index contributed by atoms with van der Waals surface area (Å²) in [7, 11) is 0.880. The molecule has 7 nitrogen and oxygen atoms in total. The van der Waals surface area contributed by atoms with Crippen LogP contribution in [0, 0.1) is 0 Å². The van der Waals surface area contributed by atoms with Crippen LogP contribution in [0.5, 0.6) is 0 Å². The average Bonchev–Trinajstić information content (AvgIpc) is 2.54. The molecule has 0 aliphatic rings. The fourth-order valence-corrected chi connectivity index (χ4v) is 3.53. The highest BCUT2D eigenvalue weighted by Gasteiger charge is 2.29. The van der Waals surface area contributed by atoms with E-state index in [1.807, 2.05) is 0 Å². The molecule has 0 fully saturated rings. The Morgan fingerprint density at radius 2 is 1.48 bits per heavy atom. The summed E-state index contributed by atoms with van der Waals surface area (Å²) in [5.41, 5.74) is 0. The predicted molar refractivity (Wildman–Crippen MR) is 109 cm³/mol. The van der Waals surface area contributed by atoms with Crippen molar-refractivity contribution in [1.82, 2.24) is 5.32 Å². The van der Waals surface area contributed by atoms with Crippen LogP contribution in [0.2, 0.25) is 0 Å². The Morgan fingerprint density at radius 3 is 1.96 bits per heavy atom. The van der Waals surface area contributed by atoms with Crippen LogP contribution in [0.4, 0.5) is 0 Å². The van der Waals surface area contributed by atoms with E-state index in [0.717, 1.165) is 12.8 Å². The number of nitrogens with one attached hydrogen (secondary N) is 1. The molecule has 0 radical (unpaired) electrons. The van der Waals surface area contributed by atoms with E-state index in [0.29, 0.717) is 25.8 Å². The highest BCUT2D eigenvalue weighted by molar-refractivity contribution is 7.80. The Kier molecular flexibility index (Phi) is 13.9. The standard InChI is InChI=1S/C19H40N2O5S/c1-5-6-7-8-9-10-11-12-13-15-18(22)20-17-14-16-19(21(2,3)4)26-27(23,24)25/h19H,5-17H2,1-4H3,(H-,20,22,23,24,25)/p+1. The van der Waals surface area contributed by atoms with Crippen molar-refractivity contribution >= 4 is 16.3 Å². The summed E-state index contributed by atoms with van der Waals surface area (Å²) < 4.78 is 35.7. The summed E-state index contributed by atoms with van der Waals surface area (Å²) in [4.78, 5) is 11.8. The second-order valence-electron chi connectivity index (χ2n) is 8.17. The number of unbranched alkanes of at least 4 members (excludes halogenated alkanes) is 8. The summed E-state index contributed by atoms with van der Waals surface area (Å²) in [6.07, 6.45) is 11.9. The molecular weight excluding hydrogens is 368 g/mol. The molecule has 162 valence electrons. The predicted octanol–water partition coefficient (Wildman–Crippen LogP) is 3.66. The molecule has 0 aromatic heterocycles. The van der Waals surface area contributed by atoms with Gasteiger partial charge in [0, 0.05) is 19.4 Å². The molecule has 27 heavy (non-hydrogen) atoms. The van der Waals surface area contributed by atoms with Crippen LogP contribution < -0.4 is 5.32 Å². The van der Waals surface area contributed by atoms with E-state index >= 15 is 0 Å². The third-order valence-corrected chi connectivity index (χ3v) is 5.02. The molecule has 8 heteroatoms. The highest BCUT2D eigenvalue weighted by Crippen LogP contribution is 2.14. The number of nitrogens with zero attached hydrogens (tertiary/aromatic N) is 1. The molecule has 0 bridgehead atoms. The fourth-order valence-electron chi connectivity index (χ4n) is 2.89. The van der Waals surface area contributed by atoms with Crippen molar-refractivity contribution in [2.24, 2.45) is 0 Å². The second kappa shape index (κ2) is 14.3. The van der Waals surface area contributed by atoms with Gasteiger partial charge in [0.15, 0.2) is 0 Å². The van der Waals surface area contributed by atoms with E-state index in [4.69, 9.17) is 8.74 Å². The van der Waals surface area contributed by atoms with Crippen LogP contribution in [0.25, 0.3) is 0 Å². The minimum atomic E-state index is -4.49. The van der Waals surface area contributed by atoms with Crippen LogP contribution in [-0.2, 0) is 19.4 Å². The number of hydrogen-bond acceptors (Lipinski definition) is 4. The van der Waals surface area contributed by atoms with E-state index in [1.54, 1.807) is 21.1 Å². The number of amides is 1. The van der Waals surface area contributed by atoms with E-state index in [9.17, 15) is 13.2 Å². The Bertz CT molecular complexity index is 489. The Hall–Kier alpha value is -0.700. The van der Waals surface area contributed by atoms with Crippen LogP contribution in [0.3, 0.4) is 0 Å². The van der Waals surface area contributed by atoms with Gasteiger partial charge >= 0.3 is 10.4 Å². The summed E-state index contributed by atoms with van der Waals surface area (Å²) in [6, 6.07) is 0. The zero-order valence-corrected chi connectivity index (χ0v) is 18.5. The van der Waals surface area contributed by atoms with Crippen molar-refractivity contribution in [3.05, 3.63) is 0 Å². The lowest BCUT2D eigenvalue weighted by atomic mass is 10.1. The fraction of sp³-hybridized carbons (Fsp3) is 0.947. The summed E-state index contributed by atoms with van der Waals surface area (Å²) >= 11 is 0. The van der Waals surface area contributed by atoms with Gasteiger partial charge in [0.2, 0.25) is 12.1 Å². The molecule has 0 aliphatic carbocycles. The number of hydrogen-bond donors (Lipinski definition) is 2. The SMILES string of the molecule is CCCCCCCCCCCC(=O)NCCCC(OS(=O)(=O)O)[N+](C)(C)C. The van der Waals surface area contributed by atoms with E-state index < -0.39 is 16.6 Å². The first-order valence-corrected chi connectivity index (χ1v) is 11.7. The molecule has 1 amide bonds. The monoisotopic (exact) mass is 409 g/mol. The average molecular weight is 410 g/mol. The molecule has 0 saturated carbocycles. The van der Waals surface area contributed by atoms with Gasteiger partial charge < -0.3 is 9.80 Å². The lowest BCUT2D eigenvalue weighted by Gasteiger charge is -2.32. The largest absolute Gasteiger partial charge is 0.402 e. The van der Waals surface area contributed by atoms with Gasteiger partial charge in [-0.05, 0) is 12.8 Å². The molecule has 0 heterocycles. The maximum Gasteiger partial charge on any atom is 0.402 e. The maximum absolute atomic E-state index is 11.8. The van der Waals surface area contributed by atoms with E-state index in [-0.39, 0.29) is 10.4 Å². The number of rotatable bonds is 17. The van der Waals surface area contributed by atoms with Crippen LogP contribution in [-0.4, -0.2) is 57.3 Å². The van der Waals surface area contributed by atoms with Gasteiger partial charge in [-0.25, -0.2) is 0 Å². The first-order chi connectivity index (χ1) is 12.6. The van der Waals surface area contributed by atoms with E-state index in [1.165, 1.54) is 44.9 Å². The third-order valence-electron chi connectivity index (χ3n) is 4.55. The van der Waals surface area contributed by atoms with Crippen molar-refractivity contribution in [2.75, 3.05) is 27.7 Å². The highest BCUT2D eigenvalue weighted by atomic mass is 32.3. The molecular formula is C19H41N2O5S+. The zero-order chi connectivity index (χ0) is 20.8. The lowest BCUT2D eigenvalue weighted by molar-refractivity contribution is -0.915. The van der Waals surface area contributed by atoms with Gasteiger partial charge in [-0.3, -0.25) is 9.35 Å². The number of carbonyl (C=O) groups excluding carboxylic acids is 1. The first kappa shape index (κ1) is 26.3. The minimum absolute atomic E-state index is 0.0374. The molecule has 0 aromatic rings.